The van der Waals surface area contributed by atoms with Crippen LogP contribution in [0.1, 0.15) is 44.6 Å². The first-order valence-corrected chi connectivity index (χ1v) is 9.63. The van der Waals surface area contributed by atoms with Crippen LogP contribution in [0.15, 0.2) is 47.5 Å². The average Bonchev–Trinajstić information content (AvgIpc) is 2.71. The zero-order valence-corrected chi connectivity index (χ0v) is 16.1. The van der Waals surface area contributed by atoms with Crippen LogP contribution in [0.2, 0.25) is 0 Å². The summed E-state index contributed by atoms with van der Waals surface area (Å²) >= 11 is 0. The van der Waals surface area contributed by atoms with E-state index in [2.05, 4.69) is 21.4 Å². The Balaban J connectivity index is 1.50. The first kappa shape index (κ1) is 19.8. The van der Waals surface area contributed by atoms with Gasteiger partial charge in [0.1, 0.15) is 24.1 Å². The fourth-order valence-corrected chi connectivity index (χ4v) is 3.22. The number of nitriles is 1. The smallest absolute Gasteiger partial charge is 0.250 e. The second-order valence-corrected chi connectivity index (χ2v) is 6.80. The molecule has 0 saturated heterocycles. The summed E-state index contributed by atoms with van der Waals surface area (Å²) in [7, 11) is 0. The Morgan fingerprint density at radius 2 is 2.29 bits per heavy atom. The highest BCUT2D eigenvalue weighted by Crippen LogP contribution is 2.43. The Kier molecular flexibility index (Phi) is 6.56. The lowest BCUT2D eigenvalue weighted by Gasteiger charge is -2.42. The second-order valence-electron chi connectivity index (χ2n) is 6.80. The van der Waals surface area contributed by atoms with E-state index in [9.17, 15) is 4.79 Å². The summed E-state index contributed by atoms with van der Waals surface area (Å²) in [6.07, 6.45) is 13.8. The standard InChI is InChI=1S/C21H25N5O2/c1-2-26(19-8-7-17(14-22)15-25-19)13-12-24-20(27)16-28-21(9-5-10-21)18-6-3-4-11-23-18/h6-8,11-13,15H,2-5,9-10,16H2,1H3,(H,24,27)/b13-12+. The summed E-state index contributed by atoms with van der Waals surface area (Å²) in [5, 5.41) is 11.6. The van der Waals surface area contributed by atoms with Crippen LogP contribution in [0.25, 0.3) is 0 Å². The van der Waals surface area contributed by atoms with Crippen LogP contribution >= 0.6 is 0 Å². The van der Waals surface area contributed by atoms with Crippen LogP contribution in [0, 0.1) is 11.3 Å². The van der Waals surface area contributed by atoms with Crippen molar-refractivity contribution in [3.63, 3.8) is 0 Å². The molecule has 1 amide bonds. The number of nitrogens with one attached hydrogen (secondary N) is 1. The second kappa shape index (κ2) is 9.29. The van der Waals surface area contributed by atoms with Gasteiger partial charge in [-0.05, 0) is 51.2 Å². The van der Waals surface area contributed by atoms with E-state index in [1.165, 1.54) is 6.20 Å². The molecule has 2 aliphatic rings. The molecule has 1 aromatic rings. The molecule has 0 atom stereocenters. The lowest BCUT2D eigenvalue weighted by atomic mass is 9.76. The monoisotopic (exact) mass is 379 g/mol. The normalized spacial score (nSPS) is 17.5. The van der Waals surface area contributed by atoms with Gasteiger partial charge in [-0.1, -0.05) is 6.08 Å². The van der Waals surface area contributed by atoms with Crippen LogP contribution in [0.3, 0.4) is 0 Å². The number of anilines is 1. The number of aromatic nitrogens is 1. The molecule has 7 heteroatoms. The highest BCUT2D eigenvalue weighted by molar-refractivity contribution is 5.78. The number of carbonyl (C=O) groups is 1. The molecule has 1 aromatic heterocycles. The van der Waals surface area contributed by atoms with Crippen molar-refractivity contribution in [2.45, 2.75) is 44.6 Å². The van der Waals surface area contributed by atoms with E-state index >= 15 is 0 Å². The molecule has 1 aliphatic carbocycles. The van der Waals surface area contributed by atoms with Crippen molar-refractivity contribution < 1.29 is 9.53 Å². The van der Waals surface area contributed by atoms with E-state index in [1.54, 1.807) is 24.5 Å². The molecule has 7 nitrogen and oxygen atoms in total. The predicted octanol–water partition coefficient (Wildman–Crippen LogP) is 3.05. The van der Waals surface area contributed by atoms with E-state index < -0.39 is 0 Å². The molecule has 1 saturated carbocycles. The van der Waals surface area contributed by atoms with Gasteiger partial charge in [-0.3, -0.25) is 9.79 Å². The first-order chi connectivity index (χ1) is 13.7. The molecule has 28 heavy (non-hydrogen) atoms. The molecule has 1 fully saturated rings. The third-order valence-electron chi connectivity index (χ3n) is 4.98. The van der Waals surface area contributed by atoms with Crippen molar-refractivity contribution >= 4 is 17.9 Å². The Morgan fingerprint density at radius 3 is 2.86 bits per heavy atom. The minimum Gasteiger partial charge on any atom is -0.359 e. The third-order valence-corrected chi connectivity index (χ3v) is 4.98. The van der Waals surface area contributed by atoms with Crippen LogP contribution < -0.4 is 10.2 Å². The number of nitrogens with zero attached hydrogens (tertiary/aromatic N) is 4. The largest absolute Gasteiger partial charge is 0.359 e. The fraction of sp³-hybridized carbons (Fsp3) is 0.429. The van der Waals surface area contributed by atoms with Gasteiger partial charge in [0.25, 0.3) is 0 Å². The molecule has 2 heterocycles. The molecule has 0 aromatic carbocycles. The molecule has 0 radical (unpaired) electrons. The Bertz CT molecular complexity index is 816. The van der Waals surface area contributed by atoms with Gasteiger partial charge >= 0.3 is 0 Å². The number of hydrogen-bond donors (Lipinski definition) is 1. The highest BCUT2D eigenvalue weighted by atomic mass is 16.5. The zero-order chi connectivity index (χ0) is 19.8. The van der Waals surface area contributed by atoms with Gasteiger partial charge < -0.3 is 15.0 Å². The molecule has 0 unspecified atom stereocenters. The number of ether oxygens (including phenoxy) is 1. The quantitative estimate of drug-likeness (QED) is 0.750. The van der Waals surface area contributed by atoms with Gasteiger partial charge in [-0.25, -0.2) is 4.98 Å². The van der Waals surface area contributed by atoms with E-state index in [-0.39, 0.29) is 18.1 Å². The predicted molar refractivity (Wildman–Crippen MR) is 108 cm³/mol. The zero-order valence-electron chi connectivity index (χ0n) is 16.1. The summed E-state index contributed by atoms with van der Waals surface area (Å²) < 4.78 is 5.98. The highest BCUT2D eigenvalue weighted by Gasteiger charge is 2.42. The molecule has 1 N–H and O–H groups in total. The number of allylic oxidation sites excluding steroid dienone is 1. The molecule has 0 spiro atoms. The van der Waals surface area contributed by atoms with Crippen LogP contribution in [0.4, 0.5) is 5.82 Å². The van der Waals surface area contributed by atoms with E-state index in [0.717, 1.165) is 37.8 Å². The minimum atomic E-state index is -0.389. The molecular formula is C21H25N5O2. The van der Waals surface area contributed by atoms with E-state index in [0.29, 0.717) is 17.9 Å². The lowest BCUT2D eigenvalue weighted by molar-refractivity contribution is -0.135. The Morgan fingerprint density at radius 1 is 1.43 bits per heavy atom. The SMILES string of the molecule is CCN(/C=C/NC(=O)COC1(C2=CCCC=N2)CCC1)c1ccc(C#N)cn1. The van der Waals surface area contributed by atoms with Crippen LogP contribution in [-0.2, 0) is 9.53 Å². The minimum absolute atomic E-state index is 0.00155. The maximum atomic E-state index is 12.2. The Labute approximate surface area is 165 Å². The van der Waals surface area contributed by atoms with Gasteiger partial charge in [0.15, 0.2) is 0 Å². The maximum Gasteiger partial charge on any atom is 0.250 e. The van der Waals surface area contributed by atoms with Crippen molar-refractivity contribution in [2.75, 3.05) is 18.1 Å². The van der Waals surface area contributed by atoms with Crippen LogP contribution in [0.5, 0.6) is 0 Å². The van der Waals surface area contributed by atoms with Gasteiger partial charge in [-0.15, -0.1) is 0 Å². The van der Waals surface area contributed by atoms with Gasteiger partial charge in [0.2, 0.25) is 5.91 Å². The number of pyridine rings is 1. The molecule has 1 aliphatic heterocycles. The third kappa shape index (κ3) is 4.65. The molecule has 146 valence electrons. The molecule has 3 rings (SSSR count). The summed E-state index contributed by atoms with van der Waals surface area (Å²) in [6.45, 7) is 2.66. The Hall–Kier alpha value is -2.98. The molecule has 0 bridgehead atoms. The summed E-state index contributed by atoms with van der Waals surface area (Å²) in [5.74, 6) is 0.505. The van der Waals surface area contributed by atoms with E-state index in [4.69, 9.17) is 10.00 Å². The van der Waals surface area contributed by atoms with E-state index in [1.807, 2.05) is 24.1 Å². The summed E-state index contributed by atoms with van der Waals surface area (Å²) in [6, 6.07) is 5.53. The fourth-order valence-electron chi connectivity index (χ4n) is 3.22. The number of carbonyl (C=O) groups excluding carboxylic acids is 1. The van der Waals surface area contributed by atoms with Gasteiger partial charge in [-0.2, -0.15) is 5.26 Å². The number of amides is 1. The van der Waals surface area contributed by atoms with Crippen LogP contribution in [-0.4, -0.2) is 35.9 Å². The van der Waals surface area contributed by atoms with Gasteiger partial charge in [0, 0.05) is 31.4 Å². The van der Waals surface area contributed by atoms with Crippen molar-refractivity contribution in [2.24, 2.45) is 4.99 Å². The lowest BCUT2D eigenvalue weighted by Crippen LogP contribution is -2.44. The maximum absolute atomic E-state index is 12.2. The van der Waals surface area contributed by atoms with Gasteiger partial charge in [0.05, 0.1) is 11.3 Å². The number of aliphatic imine (C=N–C) groups is 1. The van der Waals surface area contributed by atoms with Crippen molar-refractivity contribution in [1.82, 2.24) is 10.3 Å². The molecular weight excluding hydrogens is 354 g/mol. The van der Waals surface area contributed by atoms with Crippen molar-refractivity contribution in [1.29, 1.82) is 5.26 Å². The van der Waals surface area contributed by atoms with Crippen molar-refractivity contribution in [3.05, 3.63) is 48.1 Å². The number of hydrogen-bond acceptors (Lipinski definition) is 6. The number of rotatable bonds is 8. The topological polar surface area (TPSA) is 90.6 Å². The summed E-state index contributed by atoms with van der Waals surface area (Å²) in [5.41, 5.74) is 1.09. The average molecular weight is 379 g/mol. The van der Waals surface area contributed by atoms with Crippen molar-refractivity contribution in [3.8, 4) is 6.07 Å². The first-order valence-electron chi connectivity index (χ1n) is 9.63. The summed E-state index contributed by atoms with van der Waals surface area (Å²) in [4.78, 5) is 22.8.